The van der Waals surface area contributed by atoms with Gasteiger partial charge in [0.2, 0.25) is 0 Å². The van der Waals surface area contributed by atoms with E-state index in [1.807, 2.05) is 72.8 Å². The highest BCUT2D eigenvalue weighted by Crippen LogP contribution is 2.53. The maximum absolute atomic E-state index is 6.88. The molecule has 648 valence electrons. The van der Waals surface area contributed by atoms with Gasteiger partial charge in [-0.1, -0.05) is 371 Å². The van der Waals surface area contributed by atoms with E-state index in [0.717, 1.165) is 148 Å². The lowest BCUT2D eigenvalue weighted by molar-refractivity contribution is 0.669. The number of anilines is 11. The van der Waals surface area contributed by atoms with Crippen LogP contribution in [0, 0.1) is 0 Å². The number of nitrogen functional groups attached to an aromatic ring is 1. The number of benzene rings is 26. The molecule has 0 saturated carbocycles. The molecule has 0 bridgehead atoms. The van der Waals surface area contributed by atoms with Crippen molar-refractivity contribution in [2.75, 3.05) is 26.2 Å². The molecule has 0 amide bonds. The van der Waals surface area contributed by atoms with Gasteiger partial charge in [-0.25, -0.2) is 0 Å². The van der Waals surface area contributed by atoms with Gasteiger partial charge in [-0.15, -0.1) is 0 Å². The van der Waals surface area contributed by atoms with Crippen molar-refractivity contribution in [2.24, 2.45) is 0 Å². The topological polar surface area (TPSA) is 96.0 Å². The zero-order valence-electron chi connectivity index (χ0n) is 73.7. The summed E-state index contributed by atoms with van der Waals surface area (Å²) >= 11 is 13.5. The first-order valence-corrected chi connectivity index (χ1v) is 47.8. The van der Waals surface area contributed by atoms with Gasteiger partial charge in [0.05, 0.1) is 27.8 Å². The summed E-state index contributed by atoms with van der Waals surface area (Å²) in [4.78, 5) is 4.75. The molecule has 26 aromatic carbocycles. The molecule has 0 aliphatic rings. The molecule has 8 nitrogen and oxygen atoms in total. The Balaban J connectivity index is 0.000000111. The van der Waals surface area contributed by atoms with Gasteiger partial charge in [0, 0.05) is 103 Å². The number of para-hydroxylation sites is 8. The standard InChI is InChI=1S/C60H36N2O2.C28H20N2.C16H8Br2.C16H9ClO.C6H7N/c1-3-15-41(16-4-1)61(51-23-11-21-47-57-43-19-9-7-13-37(43)29-35-53(57)63-59(47)51)49-33-27-39-26-32-46-50(34-28-40-25-31-45(49)55(39)56(40)46)62(42-17-5-2-6-18-42)52-24-12-22-48-58-44-20-10-8-14-38(44)30-36-54(58)64-60(48)52;1-3-7-21(8-4-1)29-25-17-13-19-12-16-24-26(30-22-9-5-2-6-10-22)18-14-20-11-15-23(25)27(19)28(20)24;17-13-8-4-10-2-6-12-14(18)7-3-9-1-5-11(13)16(10)15(9)12;17-13-7-3-6-12-15-11-5-2-1-4-10(11)8-9-14(15)18-16(12)13;7-6-4-2-1-3-5-6/h1-36H;1-18,29-30H;1-8H;1-9H;1-5H,7H2. The lowest BCUT2D eigenvalue weighted by Gasteiger charge is -2.29. The number of halogens is 3. The minimum absolute atomic E-state index is 0.660. The normalized spacial score (nSPS) is 11.6. The first kappa shape index (κ1) is 82.2. The van der Waals surface area contributed by atoms with Gasteiger partial charge in [-0.2, -0.15) is 0 Å². The molecule has 0 spiro atoms. The molecule has 4 N–H and O–H groups in total. The second-order valence-electron chi connectivity index (χ2n) is 34.7. The lowest BCUT2D eigenvalue weighted by atomic mass is 9.91. The molecule has 0 fully saturated rings. The summed E-state index contributed by atoms with van der Waals surface area (Å²) in [5, 5.41) is 44.4. The van der Waals surface area contributed by atoms with Crippen LogP contribution in [-0.2, 0) is 0 Å². The maximum Gasteiger partial charge on any atom is 0.159 e. The third kappa shape index (κ3) is 14.4. The van der Waals surface area contributed by atoms with Crippen LogP contribution in [0.15, 0.2) is 483 Å². The van der Waals surface area contributed by atoms with Crippen LogP contribution in [0.25, 0.3) is 195 Å². The first-order valence-electron chi connectivity index (χ1n) is 45.8. The van der Waals surface area contributed by atoms with Crippen LogP contribution < -0.4 is 26.2 Å². The molecule has 11 heteroatoms. The van der Waals surface area contributed by atoms with Crippen LogP contribution in [0.4, 0.5) is 62.6 Å². The zero-order chi connectivity index (χ0) is 91.3. The molecule has 3 aromatic heterocycles. The van der Waals surface area contributed by atoms with Crippen molar-refractivity contribution >= 4 is 301 Å². The minimum atomic E-state index is 0.660. The number of nitrogens with one attached hydrogen (secondary N) is 2. The second kappa shape index (κ2) is 34.4. The maximum atomic E-state index is 6.88. The second-order valence-corrected chi connectivity index (χ2v) is 36.8. The van der Waals surface area contributed by atoms with Gasteiger partial charge in [-0.3, -0.25) is 0 Å². The smallest absolute Gasteiger partial charge is 0.159 e. The van der Waals surface area contributed by atoms with Crippen LogP contribution in [0.3, 0.4) is 0 Å². The summed E-state index contributed by atoms with van der Waals surface area (Å²) in [6.07, 6.45) is 0. The molecule has 0 saturated heterocycles. The fraction of sp³-hybridized carbons (Fsp3) is 0. The van der Waals surface area contributed by atoms with Crippen LogP contribution >= 0.6 is 43.5 Å². The Kier molecular flexibility index (Phi) is 20.6. The first-order chi connectivity index (χ1) is 67.6. The number of hydrogen-bond acceptors (Lipinski definition) is 8. The molecule has 29 rings (SSSR count). The predicted molar refractivity (Wildman–Crippen MR) is 591 cm³/mol. The van der Waals surface area contributed by atoms with Crippen molar-refractivity contribution in [1.82, 2.24) is 0 Å². The van der Waals surface area contributed by atoms with Crippen molar-refractivity contribution in [2.45, 2.75) is 0 Å². The zero-order valence-corrected chi connectivity index (χ0v) is 77.6. The summed E-state index contributed by atoms with van der Waals surface area (Å²) < 4.78 is 21.9. The Bertz CT molecular complexity index is 9240. The predicted octanol–water partition coefficient (Wildman–Crippen LogP) is 38.5. The van der Waals surface area contributed by atoms with E-state index in [2.05, 4.69) is 441 Å². The van der Waals surface area contributed by atoms with Gasteiger partial charge in [0.1, 0.15) is 16.7 Å². The van der Waals surface area contributed by atoms with Crippen LogP contribution in [0.1, 0.15) is 0 Å². The number of furan rings is 3. The van der Waals surface area contributed by atoms with Gasteiger partial charge in [0.25, 0.3) is 0 Å². The molecule has 0 atom stereocenters. The average Bonchev–Trinajstić information content (AvgIpc) is 1.32. The van der Waals surface area contributed by atoms with E-state index in [4.69, 9.17) is 30.6 Å². The highest BCUT2D eigenvalue weighted by molar-refractivity contribution is 9.11. The number of fused-ring (bicyclic) bond motifs is 15. The monoisotopic (exact) mass is 1900 g/mol. The van der Waals surface area contributed by atoms with Crippen molar-refractivity contribution in [1.29, 1.82) is 0 Å². The van der Waals surface area contributed by atoms with Crippen molar-refractivity contribution < 1.29 is 13.3 Å². The fourth-order valence-corrected chi connectivity index (χ4v) is 21.8. The molecule has 0 radical (unpaired) electrons. The summed E-state index contributed by atoms with van der Waals surface area (Å²) in [5.74, 6) is 0. The van der Waals surface area contributed by atoms with E-state index in [1.165, 1.54) is 118 Å². The summed E-state index contributed by atoms with van der Waals surface area (Å²) in [6, 6.07) is 162. The lowest BCUT2D eigenvalue weighted by Crippen LogP contribution is -2.11. The van der Waals surface area contributed by atoms with E-state index < -0.39 is 0 Å². The summed E-state index contributed by atoms with van der Waals surface area (Å²) in [7, 11) is 0. The Morgan fingerprint density at radius 1 is 0.204 bits per heavy atom. The van der Waals surface area contributed by atoms with Crippen LogP contribution in [0.2, 0.25) is 5.02 Å². The van der Waals surface area contributed by atoms with Gasteiger partial charge >= 0.3 is 0 Å². The molecule has 29 aromatic rings. The number of nitrogens with zero attached hydrogens (tertiary/aromatic N) is 2. The Hall–Kier alpha value is -16.7. The van der Waals surface area contributed by atoms with Crippen LogP contribution in [-0.4, -0.2) is 0 Å². The van der Waals surface area contributed by atoms with E-state index in [-0.39, 0.29) is 0 Å². The highest BCUT2D eigenvalue weighted by atomic mass is 79.9. The summed E-state index contributed by atoms with van der Waals surface area (Å²) in [6.45, 7) is 0. The number of hydrogen-bond donors (Lipinski definition) is 3. The molecule has 0 aliphatic carbocycles. The Labute approximate surface area is 809 Å². The number of nitrogens with two attached hydrogens (primary N) is 1. The Morgan fingerprint density at radius 3 is 0.876 bits per heavy atom. The van der Waals surface area contributed by atoms with E-state index in [1.54, 1.807) is 0 Å². The quantitative estimate of drug-likeness (QED) is 0.0921. The van der Waals surface area contributed by atoms with Gasteiger partial charge in [0.15, 0.2) is 16.7 Å². The van der Waals surface area contributed by atoms with Crippen LogP contribution in [0.5, 0.6) is 0 Å². The minimum Gasteiger partial charge on any atom is -0.454 e. The van der Waals surface area contributed by atoms with E-state index in [9.17, 15) is 0 Å². The molecule has 0 aliphatic heterocycles. The van der Waals surface area contributed by atoms with E-state index in [0.29, 0.717) is 5.02 Å². The largest absolute Gasteiger partial charge is 0.454 e. The van der Waals surface area contributed by atoms with Gasteiger partial charge < -0.3 is 39.4 Å². The highest BCUT2D eigenvalue weighted by Gasteiger charge is 2.28. The van der Waals surface area contributed by atoms with E-state index >= 15 is 0 Å². The third-order valence-electron chi connectivity index (χ3n) is 26.8. The summed E-state index contributed by atoms with van der Waals surface area (Å²) in [5.41, 5.74) is 22.0. The molecule has 0 unspecified atom stereocenters. The molecule has 137 heavy (non-hydrogen) atoms. The Morgan fingerprint density at radius 2 is 0.489 bits per heavy atom. The van der Waals surface area contributed by atoms with Gasteiger partial charge in [-0.05, 0) is 241 Å². The SMILES string of the molecule is Brc1ccc2ccc3c(Br)ccc4ccc1c2c43.Clc1cccc2c1oc1ccc3ccccc3c12.Nc1ccccc1.c1ccc(N(c2ccc3ccc4c(N(c5ccccc5)c5cccc6c5oc5ccc7ccccc7c56)ccc5ccc2c3c54)c2cccc3c2oc2ccc4ccccc4c23)cc1.c1ccc(Nc2ccc3ccc4c(Nc5ccccc5)ccc5ccc2c3c54)cc1. The number of rotatable bonds is 10. The third-order valence-corrected chi connectivity index (χ3v) is 28.5. The van der Waals surface area contributed by atoms with Crippen molar-refractivity contribution in [3.05, 3.63) is 475 Å². The molecular weight excluding hydrogens is 1830 g/mol. The van der Waals surface area contributed by atoms with Crippen molar-refractivity contribution in [3.8, 4) is 0 Å². The average molecular weight is 1910 g/mol. The molecular formula is C126H80Br2ClN5O3. The fourth-order valence-electron chi connectivity index (χ4n) is 20.7. The molecule has 3 heterocycles. The van der Waals surface area contributed by atoms with Crippen molar-refractivity contribution in [3.63, 3.8) is 0 Å².